The van der Waals surface area contributed by atoms with E-state index in [1.807, 2.05) is 31.2 Å². The molecule has 0 radical (unpaired) electrons. The van der Waals surface area contributed by atoms with Crippen LogP contribution in [-0.4, -0.2) is 24.5 Å². The Kier molecular flexibility index (Phi) is 4.46. The van der Waals surface area contributed by atoms with Gasteiger partial charge in [-0.15, -0.1) is 0 Å². The van der Waals surface area contributed by atoms with Crippen molar-refractivity contribution in [3.8, 4) is 0 Å². The van der Waals surface area contributed by atoms with Gasteiger partial charge >= 0.3 is 6.03 Å². The molecule has 1 fully saturated rings. The van der Waals surface area contributed by atoms with Crippen molar-refractivity contribution in [2.75, 3.05) is 16.8 Å². The number of rotatable bonds is 3. The summed E-state index contributed by atoms with van der Waals surface area (Å²) < 4.78 is 12.9. The van der Waals surface area contributed by atoms with E-state index in [0.29, 0.717) is 12.2 Å². The van der Waals surface area contributed by atoms with Crippen molar-refractivity contribution in [1.82, 2.24) is 5.32 Å². The molecule has 3 rings (SSSR count). The lowest BCUT2D eigenvalue weighted by Gasteiger charge is -2.17. The maximum atomic E-state index is 12.9. The molecule has 2 N–H and O–H groups in total. The summed E-state index contributed by atoms with van der Waals surface area (Å²) in [6, 6.07) is 12.5. The molecule has 2 aromatic rings. The summed E-state index contributed by atoms with van der Waals surface area (Å²) in [6.45, 7) is 2.42. The topological polar surface area (TPSA) is 61.4 Å². The second-order valence-corrected chi connectivity index (χ2v) is 5.85. The minimum Gasteiger partial charge on any atom is -0.333 e. The molecule has 0 aliphatic carbocycles. The first kappa shape index (κ1) is 16.0. The van der Waals surface area contributed by atoms with Crippen LogP contribution < -0.4 is 15.5 Å². The molecule has 6 heteroatoms. The number of anilines is 2. The van der Waals surface area contributed by atoms with E-state index < -0.39 is 6.03 Å². The molecule has 5 nitrogen and oxygen atoms in total. The lowest BCUT2D eigenvalue weighted by Crippen LogP contribution is -2.39. The van der Waals surface area contributed by atoms with Crippen molar-refractivity contribution in [3.63, 3.8) is 0 Å². The molecule has 1 aliphatic heterocycles. The molecule has 124 valence electrons. The van der Waals surface area contributed by atoms with Gasteiger partial charge in [0.25, 0.3) is 0 Å². The molecule has 1 atom stereocenters. The third-order valence-corrected chi connectivity index (χ3v) is 3.91. The Hall–Kier alpha value is -2.89. The largest absolute Gasteiger partial charge is 0.333 e. The van der Waals surface area contributed by atoms with Crippen molar-refractivity contribution < 1.29 is 14.0 Å². The summed E-state index contributed by atoms with van der Waals surface area (Å²) in [4.78, 5) is 25.8. The fraction of sp³-hybridized carbons (Fsp3) is 0.222. The Labute approximate surface area is 139 Å². The van der Waals surface area contributed by atoms with Gasteiger partial charge in [0.15, 0.2) is 0 Å². The van der Waals surface area contributed by atoms with Gasteiger partial charge in [-0.25, -0.2) is 9.18 Å². The number of urea groups is 1. The molecular formula is C18H18FN3O2. The number of nitrogens with zero attached hydrogens (tertiary/aromatic N) is 1. The zero-order valence-corrected chi connectivity index (χ0v) is 13.3. The van der Waals surface area contributed by atoms with Crippen LogP contribution in [0.2, 0.25) is 0 Å². The van der Waals surface area contributed by atoms with E-state index in [1.54, 1.807) is 4.90 Å². The predicted octanol–water partition coefficient (Wildman–Crippen LogP) is 3.06. The zero-order chi connectivity index (χ0) is 17.1. The number of hydrogen-bond donors (Lipinski definition) is 2. The van der Waals surface area contributed by atoms with Crippen LogP contribution in [0.1, 0.15) is 12.0 Å². The highest BCUT2D eigenvalue weighted by molar-refractivity contribution is 5.97. The molecule has 2 aromatic carbocycles. The summed E-state index contributed by atoms with van der Waals surface area (Å²) in [6.07, 6.45) is 0.255. The maximum Gasteiger partial charge on any atom is 0.319 e. The summed E-state index contributed by atoms with van der Waals surface area (Å²) in [7, 11) is 0. The lowest BCUT2D eigenvalue weighted by molar-refractivity contribution is -0.117. The third kappa shape index (κ3) is 3.71. The van der Waals surface area contributed by atoms with Gasteiger partial charge in [-0.1, -0.05) is 17.7 Å². The Morgan fingerprint density at radius 2 is 1.79 bits per heavy atom. The van der Waals surface area contributed by atoms with Crippen LogP contribution in [0.15, 0.2) is 48.5 Å². The summed E-state index contributed by atoms with van der Waals surface area (Å²) in [5.41, 5.74) is 2.45. The monoisotopic (exact) mass is 327 g/mol. The Morgan fingerprint density at radius 3 is 2.46 bits per heavy atom. The molecule has 1 unspecified atom stereocenters. The van der Waals surface area contributed by atoms with E-state index in [0.717, 1.165) is 11.3 Å². The second kappa shape index (κ2) is 6.70. The van der Waals surface area contributed by atoms with Gasteiger partial charge < -0.3 is 15.5 Å². The molecule has 0 spiro atoms. The first-order valence-electron chi connectivity index (χ1n) is 7.71. The molecule has 24 heavy (non-hydrogen) atoms. The summed E-state index contributed by atoms with van der Waals surface area (Å²) >= 11 is 0. The van der Waals surface area contributed by atoms with Crippen LogP contribution in [-0.2, 0) is 4.79 Å². The van der Waals surface area contributed by atoms with Crippen LogP contribution in [0.3, 0.4) is 0 Å². The molecule has 0 bridgehead atoms. The molecule has 1 saturated heterocycles. The van der Waals surface area contributed by atoms with Gasteiger partial charge in [0.1, 0.15) is 5.82 Å². The Bertz CT molecular complexity index is 744. The first-order chi connectivity index (χ1) is 11.5. The number of halogens is 1. The van der Waals surface area contributed by atoms with Gasteiger partial charge in [-0.2, -0.15) is 0 Å². The number of amides is 3. The lowest BCUT2D eigenvalue weighted by atomic mass is 10.2. The van der Waals surface area contributed by atoms with E-state index in [9.17, 15) is 14.0 Å². The Balaban J connectivity index is 1.58. The van der Waals surface area contributed by atoms with E-state index in [1.165, 1.54) is 24.3 Å². The predicted molar refractivity (Wildman–Crippen MR) is 90.5 cm³/mol. The van der Waals surface area contributed by atoms with Crippen LogP contribution in [0.25, 0.3) is 0 Å². The summed E-state index contributed by atoms with van der Waals surface area (Å²) in [5.74, 6) is -0.387. The second-order valence-electron chi connectivity index (χ2n) is 5.85. The minimum atomic E-state index is -0.412. The SMILES string of the molecule is Cc1ccc(N2CC(NC(=O)Nc3ccc(F)cc3)CC2=O)cc1. The van der Waals surface area contributed by atoms with Crippen molar-refractivity contribution in [3.05, 3.63) is 59.9 Å². The normalized spacial score (nSPS) is 17.0. The van der Waals surface area contributed by atoms with Crippen LogP contribution in [0, 0.1) is 12.7 Å². The molecule has 3 amide bonds. The number of nitrogens with one attached hydrogen (secondary N) is 2. The van der Waals surface area contributed by atoms with Crippen molar-refractivity contribution in [2.24, 2.45) is 0 Å². The highest BCUT2D eigenvalue weighted by Gasteiger charge is 2.31. The third-order valence-electron chi connectivity index (χ3n) is 3.91. The average Bonchev–Trinajstić information content (AvgIpc) is 2.90. The van der Waals surface area contributed by atoms with Crippen LogP contribution in [0.5, 0.6) is 0 Å². The molecule has 1 heterocycles. The van der Waals surface area contributed by atoms with E-state index >= 15 is 0 Å². The molecular weight excluding hydrogens is 309 g/mol. The zero-order valence-electron chi connectivity index (χ0n) is 13.3. The molecule has 0 aromatic heterocycles. The van der Waals surface area contributed by atoms with Crippen LogP contribution in [0.4, 0.5) is 20.6 Å². The highest BCUT2D eigenvalue weighted by atomic mass is 19.1. The Morgan fingerprint density at radius 1 is 1.12 bits per heavy atom. The fourth-order valence-electron chi connectivity index (χ4n) is 2.66. The summed E-state index contributed by atoms with van der Waals surface area (Å²) in [5, 5.41) is 5.40. The molecule has 0 saturated carbocycles. The van der Waals surface area contributed by atoms with Gasteiger partial charge in [0.2, 0.25) is 5.91 Å². The number of hydrogen-bond acceptors (Lipinski definition) is 2. The van der Waals surface area contributed by atoms with Crippen LogP contribution >= 0.6 is 0 Å². The van der Waals surface area contributed by atoms with E-state index in [-0.39, 0.29) is 24.2 Å². The average molecular weight is 327 g/mol. The quantitative estimate of drug-likeness (QED) is 0.910. The molecule has 1 aliphatic rings. The smallest absolute Gasteiger partial charge is 0.319 e. The first-order valence-corrected chi connectivity index (χ1v) is 7.71. The van der Waals surface area contributed by atoms with Gasteiger partial charge in [-0.05, 0) is 43.3 Å². The number of carbonyl (C=O) groups is 2. The van der Waals surface area contributed by atoms with Crippen molar-refractivity contribution >= 4 is 23.3 Å². The highest BCUT2D eigenvalue weighted by Crippen LogP contribution is 2.22. The standard InChI is InChI=1S/C18H18FN3O2/c1-12-2-8-16(9-3-12)22-11-15(10-17(22)23)21-18(24)20-14-6-4-13(19)5-7-14/h2-9,15H,10-11H2,1H3,(H2,20,21,24). The maximum absolute atomic E-state index is 12.9. The number of carbonyl (C=O) groups excluding carboxylic acids is 2. The van der Waals surface area contributed by atoms with Gasteiger partial charge in [0.05, 0.1) is 6.04 Å². The van der Waals surface area contributed by atoms with Gasteiger partial charge in [0, 0.05) is 24.3 Å². The van der Waals surface area contributed by atoms with E-state index in [4.69, 9.17) is 0 Å². The number of benzene rings is 2. The van der Waals surface area contributed by atoms with Crippen molar-refractivity contribution in [2.45, 2.75) is 19.4 Å². The number of aryl methyl sites for hydroxylation is 1. The van der Waals surface area contributed by atoms with Crippen molar-refractivity contribution in [1.29, 1.82) is 0 Å². The fourth-order valence-corrected chi connectivity index (χ4v) is 2.66. The van der Waals surface area contributed by atoms with E-state index in [2.05, 4.69) is 10.6 Å². The minimum absolute atomic E-state index is 0.0223. The van der Waals surface area contributed by atoms with Gasteiger partial charge in [-0.3, -0.25) is 4.79 Å².